The largest absolute Gasteiger partial charge is 0.488 e. The van der Waals surface area contributed by atoms with Crippen LogP contribution in [0.1, 0.15) is 36.7 Å². The summed E-state index contributed by atoms with van der Waals surface area (Å²) in [4.78, 5) is 15.5. The molecule has 0 aliphatic carbocycles. The molecule has 0 bridgehead atoms. The van der Waals surface area contributed by atoms with Gasteiger partial charge in [0.15, 0.2) is 11.3 Å². The number of Topliss-reactive ketones (excluding diaryl/α,β-unsaturated/α-hetero) is 1. The van der Waals surface area contributed by atoms with Crippen LogP contribution in [0.5, 0.6) is 17.4 Å². The fourth-order valence-electron chi connectivity index (χ4n) is 3.62. The Kier molecular flexibility index (Phi) is 7.38. The van der Waals surface area contributed by atoms with Crippen LogP contribution in [0.3, 0.4) is 0 Å². The predicted octanol–water partition coefficient (Wildman–Crippen LogP) is 3.70. The zero-order valence-corrected chi connectivity index (χ0v) is 20.0. The van der Waals surface area contributed by atoms with Crippen molar-refractivity contribution in [3.8, 4) is 17.4 Å². The van der Waals surface area contributed by atoms with E-state index in [1.54, 1.807) is 18.2 Å². The molecule has 4 aromatic rings. The van der Waals surface area contributed by atoms with Crippen molar-refractivity contribution in [3.63, 3.8) is 0 Å². The Balaban J connectivity index is 1.25. The minimum Gasteiger partial charge on any atom is -0.488 e. The van der Waals surface area contributed by atoms with Gasteiger partial charge in [-0.1, -0.05) is 18.2 Å². The molecule has 0 amide bonds. The van der Waals surface area contributed by atoms with E-state index in [-0.39, 0.29) is 17.9 Å². The number of H-pyrrole nitrogens is 1. The van der Waals surface area contributed by atoms with E-state index in [0.717, 1.165) is 17.5 Å². The predicted molar refractivity (Wildman–Crippen MR) is 132 cm³/mol. The lowest BCUT2D eigenvalue weighted by atomic mass is 9.94. The summed E-state index contributed by atoms with van der Waals surface area (Å²) in [5.41, 5.74) is 2.78. The van der Waals surface area contributed by atoms with Gasteiger partial charge in [-0.2, -0.15) is 15.4 Å². The Labute approximate surface area is 203 Å². The molecule has 9 nitrogen and oxygen atoms in total. The number of aromatic amines is 1. The number of nitrogens with one attached hydrogen (secondary N) is 2. The van der Waals surface area contributed by atoms with Gasteiger partial charge in [-0.05, 0) is 63.1 Å². The molecule has 3 N–H and O–H groups in total. The lowest BCUT2D eigenvalue weighted by Gasteiger charge is -2.28. The van der Waals surface area contributed by atoms with Gasteiger partial charge >= 0.3 is 0 Å². The number of para-hydroxylation sites is 1. The highest BCUT2D eigenvalue weighted by atomic mass is 16.5. The van der Waals surface area contributed by atoms with Crippen LogP contribution in [0, 0.1) is 0 Å². The van der Waals surface area contributed by atoms with E-state index in [4.69, 9.17) is 9.47 Å². The smallest absolute Gasteiger partial charge is 0.219 e. The fraction of sp³-hybridized carbons (Fsp3) is 0.308. The van der Waals surface area contributed by atoms with Gasteiger partial charge in [0, 0.05) is 29.9 Å². The van der Waals surface area contributed by atoms with Gasteiger partial charge in [-0.3, -0.25) is 4.79 Å². The third-order valence-corrected chi connectivity index (χ3v) is 5.49. The number of carbonyl (C=O) groups excluding carboxylic acids is 1. The van der Waals surface area contributed by atoms with Crippen LogP contribution in [0.2, 0.25) is 0 Å². The highest BCUT2D eigenvalue weighted by Gasteiger charge is 2.20. The minimum atomic E-state index is -0.686. The fourth-order valence-corrected chi connectivity index (χ4v) is 3.62. The summed E-state index contributed by atoms with van der Waals surface area (Å²) in [7, 11) is 0. The summed E-state index contributed by atoms with van der Waals surface area (Å²) in [5.74, 6) is 1.65. The number of aliphatic hydroxyl groups is 1. The van der Waals surface area contributed by atoms with E-state index >= 15 is 0 Å². The first-order valence-corrected chi connectivity index (χ1v) is 11.4. The van der Waals surface area contributed by atoms with E-state index in [1.165, 1.54) is 13.1 Å². The summed E-state index contributed by atoms with van der Waals surface area (Å²) in [6, 6.07) is 16.6. The molecule has 0 aliphatic heterocycles. The standard InChI is InChI=1S/C26H29N5O4/c1-17(32)19-9-12-24(27-14-19)35-21-10-7-18(8-11-21)13-26(2,3)28-15-20(33)16-34-23-6-4-5-22-25(23)30-31-29-22/h4-12,14,20,28,33H,13,15-16H2,1-3H3,(H,29,30,31)/t20-/m0/s1. The second-order valence-corrected chi connectivity index (χ2v) is 9.04. The quantitative estimate of drug-likeness (QED) is 0.281. The van der Waals surface area contributed by atoms with E-state index in [0.29, 0.717) is 35.0 Å². The molecule has 2 aromatic carbocycles. The van der Waals surface area contributed by atoms with E-state index in [2.05, 4.69) is 39.6 Å². The highest BCUT2D eigenvalue weighted by molar-refractivity contribution is 5.93. The normalized spacial score (nSPS) is 12.5. The number of hydrogen-bond donors (Lipinski definition) is 3. The van der Waals surface area contributed by atoms with Gasteiger partial charge in [-0.15, -0.1) is 0 Å². The Morgan fingerprint density at radius 1 is 1.11 bits per heavy atom. The summed E-state index contributed by atoms with van der Waals surface area (Å²) < 4.78 is 11.5. The first-order chi connectivity index (χ1) is 16.8. The van der Waals surface area contributed by atoms with E-state index < -0.39 is 6.10 Å². The highest BCUT2D eigenvalue weighted by Crippen LogP contribution is 2.23. The van der Waals surface area contributed by atoms with Crippen molar-refractivity contribution in [2.45, 2.75) is 38.8 Å². The van der Waals surface area contributed by atoms with Crippen molar-refractivity contribution in [3.05, 3.63) is 71.9 Å². The zero-order chi connectivity index (χ0) is 24.8. The molecule has 182 valence electrons. The number of pyridine rings is 1. The lowest BCUT2D eigenvalue weighted by Crippen LogP contribution is -2.46. The van der Waals surface area contributed by atoms with Crippen LogP contribution in [0.15, 0.2) is 60.8 Å². The van der Waals surface area contributed by atoms with Gasteiger partial charge in [0.25, 0.3) is 0 Å². The number of aromatic nitrogens is 4. The minimum absolute atomic E-state index is 0.0335. The molecule has 2 heterocycles. The third kappa shape index (κ3) is 6.62. The molecule has 0 radical (unpaired) electrons. The summed E-state index contributed by atoms with van der Waals surface area (Å²) >= 11 is 0. The van der Waals surface area contributed by atoms with Crippen molar-refractivity contribution in [1.29, 1.82) is 0 Å². The Bertz CT molecular complexity index is 1270. The first kappa shape index (κ1) is 24.3. The van der Waals surface area contributed by atoms with Crippen LogP contribution in [0.4, 0.5) is 0 Å². The van der Waals surface area contributed by atoms with Crippen molar-refractivity contribution < 1.29 is 19.4 Å². The van der Waals surface area contributed by atoms with Gasteiger partial charge in [0.2, 0.25) is 5.88 Å². The molecule has 9 heteroatoms. The number of ether oxygens (including phenoxy) is 2. The van der Waals surface area contributed by atoms with Crippen LogP contribution >= 0.6 is 0 Å². The van der Waals surface area contributed by atoms with Crippen LogP contribution in [-0.4, -0.2) is 56.1 Å². The van der Waals surface area contributed by atoms with E-state index in [1.807, 2.05) is 36.4 Å². The molecule has 0 spiro atoms. The second kappa shape index (κ2) is 10.6. The Hall–Kier alpha value is -3.82. The molecule has 0 unspecified atom stereocenters. The molecule has 0 saturated carbocycles. The summed E-state index contributed by atoms with van der Waals surface area (Å²) in [6.45, 7) is 6.19. The van der Waals surface area contributed by atoms with Crippen molar-refractivity contribution in [2.24, 2.45) is 0 Å². The molecule has 35 heavy (non-hydrogen) atoms. The monoisotopic (exact) mass is 475 g/mol. The number of β-amino-alcohol motifs (C(OH)–C–C–N with tert-alkyl or cyclic N) is 1. The SMILES string of the molecule is CC(=O)c1ccc(Oc2ccc(CC(C)(C)NC[C@H](O)COc3cccc4n[nH]nc34)cc2)nc1. The number of hydrogen-bond acceptors (Lipinski definition) is 8. The number of carbonyl (C=O) groups is 1. The van der Waals surface area contributed by atoms with Gasteiger partial charge in [0.1, 0.15) is 29.7 Å². The topological polar surface area (TPSA) is 122 Å². The van der Waals surface area contributed by atoms with Gasteiger partial charge in [0.05, 0.1) is 0 Å². The molecule has 0 saturated heterocycles. The number of nitrogens with zero attached hydrogens (tertiary/aromatic N) is 3. The maximum Gasteiger partial charge on any atom is 0.219 e. The van der Waals surface area contributed by atoms with Crippen LogP contribution < -0.4 is 14.8 Å². The third-order valence-electron chi connectivity index (χ3n) is 5.49. The summed E-state index contributed by atoms with van der Waals surface area (Å²) in [5, 5.41) is 24.5. The average Bonchev–Trinajstić information content (AvgIpc) is 3.32. The van der Waals surface area contributed by atoms with Crippen molar-refractivity contribution >= 4 is 16.8 Å². The molecule has 4 rings (SSSR count). The first-order valence-electron chi connectivity index (χ1n) is 11.4. The van der Waals surface area contributed by atoms with E-state index in [9.17, 15) is 9.90 Å². The molecule has 1 atom stereocenters. The molecule has 0 aliphatic rings. The molecular weight excluding hydrogens is 446 g/mol. The lowest BCUT2D eigenvalue weighted by molar-refractivity contribution is 0.0994. The van der Waals surface area contributed by atoms with Crippen LogP contribution in [-0.2, 0) is 6.42 Å². The number of ketones is 1. The molecule has 0 fully saturated rings. The second-order valence-electron chi connectivity index (χ2n) is 9.04. The average molecular weight is 476 g/mol. The van der Waals surface area contributed by atoms with Crippen molar-refractivity contribution in [1.82, 2.24) is 25.7 Å². The van der Waals surface area contributed by atoms with Gasteiger partial charge < -0.3 is 19.9 Å². The maximum absolute atomic E-state index is 11.4. The number of benzene rings is 2. The maximum atomic E-state index is 11.4. The Morgan fingerprint density at radius 3 is 2.63 bits per heavy atom. The molecular formula is C26H29N5O4. The van der Waals surface area contributed by atoms with Crippen LogP contribution in [0.25, 0.3) is 11.0 Å². The number of aliphatic hydroxyl groups excluding tert-OH is 1. The number of rotatable bonds is 11. The number of fused-ring (bicyclic) bond motifs is 1. The van der Waals surface area contributed by atoms with Crippen molar-refractivity contribution in [2.75, 3.05) is 13.2 Å². The molecule has 2 aromatic heterocycles. The zero-order valence-electron chi connectivity index (χ0n) is 20.0. The van der Waals surface area contributed by atoms with Gasteiger partial charge in [-0.25, -0.2) is 4.98 Å². The Morgan fingerprint density at radius 2 is 1.91 bits per heavy atom. The summed E-state index contributed by atoms with van der Waals surface area (Å²) in [6.07, 6.45) is 1.58.